The van der Waals surface area contributed by atoms with Crippen LogP contribution in [-0.2, 0) is 20.9 Å². The minimum Gasteiger partial charge on any atom is -0.493 e. The van der Waals surface area contributed by atoms with Gasteiger partial charge in [-0.1, -0.05) is 36.4 Å². The van der Waals surface area contributed by atoms with Crippen LogP contribution in [0.25, 0.3) is 6.08 Å². The number of likely N-dealkylation sites (N-methyl/N-ethyl adjacent to an activating group) is 1. The Morgan fingerprint density at radius 1 is 1.04 bits per heavy atom. The zero-order chi connectivity index (χ0) is 20.5. The Morgan fingerprint density at radius 3 is 2.46 bits per heavy atom. The molecule has 0 saturated carbocycles. The number of benzene rings is 2. The number of methoxy groups -OCH3 is 2. The molecular formula is C22H25NO5. The van der Waals surface area contributed by atoms with E-state index < -0.39 is 5.97 Å². The lowest BCUT2D eigenvalue weighted by molar-refractivity contribution is -0.147. The van der Waals surface area contributed by atoms with E-state index in [0.717, 1.165) is 11.1 Å². The number of carbonyl (C=O) groups excluding carboxylic acids is 2. The molecule has 2 aromatic rings. The van der Waals surface area contributed by atoms with E-state index in [1.54, 1.807) is 38.4 Å². The first-order valence-corrected chi connectivity index (χ1v) is 8.80. The summed E-state index contributed by atoms with van der Waals surface area (Å²) in [5, 5.41) is 0. The Hall–Kier alpha value is -3.28. The molecule has 0 aromatic heterocycles. The van der Waals surface area contributed by atoms with Crippen LogP contribution in [0.15, 0.2) is 48.5 Å². The number of esters is 1. The summed E-state index contributed by atoms with van der Waals surface area (Å²) in [6, 6.07) is 13.2. The van der Waals surface area contributed by atoms with E-state index >= 15 is 0 Å². The summed E-state index contributed by atoms with van der Waals surface area (Å²) in [4.78, 5) is 25.7. The SMILES string of the molecule is COc1cccc(/C=C/C(=O)OCC(=O)N(C)Cc2ccccc2C)c1OC. The largest absolute Gasteiger partial charge is 0.493 e. The Kier molecular flexibility index (Phi) is 7.63. The maximum absolute atomic E-state index is 12.2. The van der Waals surface area contributed by atoms with Crippen LogP contribution in [-0.4, -0.2) is 44.7 Å². The lowest BCUT2D eigenvalue weighted by Gasteiger charge is -2.18. The number of ether oxygens (including phenoxy) is 3. The fraction of sp³-hybridized carbons (Fsp3) is 0.273. The second-order valence-electron chi connectivity index (χ2n) is 6.20. The van der Waals surface area contributed by atoms with Gasteiger partial charge in [0.2, 0.25) is 0 Å². The van der Waals surface area contributed by atoms with Gasteiger partial charge in [-0.05, 0) is 30.2 Å². The van der Waals surface area contributed by atoms with Crippen molar-refractivity contribution >= 4 is 18.0 Å². The van der Waals surface area contributed by atoms with E-state index in [4.69, 9.17) is 14.2 Å². The van der Waals surface area contributed by atoms with Gasteiger partial charge in [-0.2, -0.15) is 0 Å². The van der Waals surface area contributed by atoms with Gasteiger partial charge in [0.05, 0.1) is 14.2 Å². The molecule has 1 amide bonds. The van der Waals surface area contributed by atoms with Crippen molar-refractivity contribution in [1.82, 2.24) is 4.90 Å². The molecule has 6 heteroatoms. The zero-order valence-corrected chi connectivity index (χ0v) is 16.6. The summed E-state index contributed by atoms with van der Waals surface area (Å²) in [5.41, 5.74) is 2.82. The Bertz CT molecular complexity index is 860. The Labute approximate surface area is 165 Å². The summed E-state index contributed by atoms with van der Waals surface area (Å²) >= 11 is 0. The molecule has 0 spiro atoms. The molecule has 28 heavy (non-hydrogen) atoms. The molecule has 0 fully saturated rings. The lowest BCUT2D eigenvalue weighted by atomic mass is 10.1. The number of amides is 1. The number of rotatable bonds is 8. The number of para-hydroxylation sites is 1. The van der Waals surface area contributed by atoms with Crippen LogP contribution in [0.5, 0.6) is 11.5 Å². The van der Waals surface area contributed by atoms with Crippen molar-refractivity contribution < 1.29 is 23.8 Å². The van der Waals surface area contributed by atoms with Crippen molar-refractivity contribution in [2.45, 2.75) is 13.5 Å². The molecule has 0 atom stereocenters. The maximum Gasteiger partial charge on any atom is 0.331 e. The molecule has 0 aliphatic rings. The number of hydrogen-bond acceptors (Lipinski definition) is 5. The van der Waals surface area contributed by atoms with Crippen LogP contribution >= 0.6 is 0 Å². The zero-order valence-electron chi connectivity index (χ0n) is 16.6. The topological polar surface area (TPSA) is 65.1 Å². The Morgan fingerprint density at radius 2 is 1.79 bits per heavy atom. The van der Waals surface area contributed by atoms with Gasteiger partial charge in [0.15, 0.2) is 18.1 Å². The second-order valence-corrected chi connectivity index (χ2v) is 6.20. The maximum atomic E-state index is 12.2. The molecule has 0 unspecified atom stereocenters. The molecule has 2 rings (SSSR count). The number of aryl methyl sites for hydroxylation is 1. The van der Waals surface area contributed by atoms with Crippen LogP contribution < -0.4 is 9.47 Å². The first kappa shape index (κ1) is 21.0. The van der Waals surface area contributed by atoms with E-state index in [1.807, 2.05) is 31.2 Å². The quantitative estimate of drug-likeness (QED) is 0.517. The third-order valence-electron chi connectivity index (χ3n) is 4.26. The Balaban J connectivity index is 1.91. The van der Waals surface area contributed by atoms with E-state index in [-0.39, 0.29) is 12.5 Å². The third kappa shape index (κ3) is 5.61. The van der Waals surface area contributed by atoms with Crippen molar-refractivity contribution in [3.05, 3.63) is 65.2 Å². The third-order valence-corrected chi connectivity index (χ3v) is 4.26. The van der Waals surface area contributed by atoms with Gasteiger partial charge in [0, 0.05) is 25.2 Å². The van der Waals surface area contributed by atoms with E-state index in [1.165, 1.54) is 18.1 Å². The van der Waals surface area contributed by atoms with E-state index in [9.17, 15) is 9.59 Å². The number of carbonyl (C=O) groups is 2. The summed E-state index contributed by atoms with van der Waals surface area (Å²) in [5.74, 6) is 0.195. The number of hydrogen-bond donors (Lipinski definition) is 0. The van der Waals surface area contributed by atoms with Gasteiger partial charge in [0.25, 0.3) is 5.91 Å². The standard InChI is InChI=1S/C22H25NO5/c1-16-8-5-6-9-18(16)14-23(2)20(24)15-28-21(25)13-12-17-10-7-11-19(26-3)22(17)27-4/h5-13H,14-15H2,1-4H3/b13-12+. The monoisotopic (exact) mass is 383 g/mol. The van der Waals surface area contributed by atoms with Gasteiger partial charge >= 0.3 is 5.97 Å². The van der Waals surface area contributed by atoms with Gasteiger partial charge in [0.1, 0.15) is 0 Å². The van der Waals surface area contributed by atoms with Crippen LogP contribution in [0.1, 0.15) is 16.7 Å². The minimum absolute atomic E-state index is 0.274. The molecule has 0 heterocycles. The highest BCUT2D eigenvalue weighted by Crippen LogP contribution is 2.31. The summed E-state index contributed by atoms with van der Waals surface area (Å²) in [6.45, 7) is 2.13. The smallest absolute Gasteiger partial charge is 0.331 e. The van der Waals surface area contributed by atoms with E-state index in [2.05, 4.69) is 0 Å². The number of nitrogens with zero attached hydrogens (tertiary/aromatic N) is 1. The molecular weight excluding hydrogens is 358 g/mol. The summed E-state index contributed by atoms with van der Waals surface area (Å²) in [6.07, 6.45) is 2.82. The minimum atomic E-state index is -0.609. The highest BCUT2D eigenvalue weighted by atomic mass is 16.5. The molecule has 0 radical (unpaired) electrons. The first-order valence-electron chi connectivity index (χ1n) is 8.80. The second kappa shape index (κ2) is 10.2. The van der Waals surface area contributed by atoms with Crippen molar-refractivity contribution in [2.75, 3.05) is 27.9 Å². The average Bonchev–Trinajstić information content (AvgIpc) is 2.71. The van der Waals surface area contributed by atoms with Crippen molar-refractivity contribution in [2.24, 2.45) is 0 Å². The molecule has 0 N–H and O–H groups in total. The van der Waals surface area contributed by atoms with E-state index in [0.29, 0.717) is 23.6 Å². The average molecular weight is 383 g/mol. The normalized spacial score (nSPS) is 10.6. The van der Waals surface area contributed by atoms with Gasteiger partial charge in [-0.25, -0.2) is 4.79 Å². The van der Waals surface area contributed by atoms with Crippen LogP contribution in [0, 0.1) is 6.92 Å². The van der Waals surface area contributed by atoms with Crippen LogP contribution in [0.4, 0.5) is 0 Å². The van der Waals surface area contributed by atoms with Crippen LogP contribution in [0.3, 0.4) is 0 Å². The van der Waals surface area contributed by atoms with Crippen molar-refractivity contribution in [3.63, 3.8) is 0 Å². The predicted molar refractivity (Wildman–Crippen MR) is 107 cm³/mol. The molecule has 0 bridgehead atoms. The van der Waals surface area contributed by atoms with Crippen LogP contribution in [0.2, 0.25) is 0 Å². The van der Waals surface area contributed by atoms with Gasteiger partial charge in [-0.15, -0.1) is 0 Å². The summed E-state index contributed by atoms with van der Waals surface area (Å²) in [7, 11) is 4.74. The van der Waals surface area contributed by atoms with Crippen molar-refractivity contribution in [1.29, 1.82) is 0 Å². The molecule has 0 saturated heterocycles. The molecule has 0 aliphatic heterocycles. The van der Waals surface area contributed by atoms with Gasteiger partial charge < -0.3 is 19.1 Å². The van der Waals surface area contributed by atoms with Gasteiger partial charge in [-0.3, -0.25) is 4.79 Å². The molecule has 148 valence electrons. The fourth-order valence-electron chi connectivity index (χ4n) is 2.62. The first-order chi connectivity index (χ1) is 13.5. The van der Waals surface area contributed by atoms with Crippen molar-refractivity contribution in [3.8, 4) is 11.5 Å². The molecule has 2 aromatic carbocycles. The predicted octanol–water partition coefficient (Wildman–Crippen LogP) is 3.23. The molecule has 0 aliphatic carbocycles. The highest BCUT2D eigenvalue weighted by molar-refractivity contribution is 5.89. The highest BCUT2D eigenvalue weighted by Gasteiger charge is 2.13. The molecule has 6 nitrogen and oxygen atoms in total. The summed E-state index contributed by atoms with van der Waals surface area (Å²) < 4.78 is 15.6. The fourth-order valence-corrected chi connectivity index (χ4v) is 2.62. The lowest BCUT2D eigenvalue weighted by Crippen LogP contribution is -2.30.